The van der Waals surface area contributed by atoms with Crippen molar-refractivity contribution in [2.75, 3.05) is 32.5 Å². The topological polar surface area (TPSA) is 84.5 Å². The fourth-order valence-electron chi connectivity index (χ4n) is 2.17. The van der Waals surface area contributed by atoms with Crippen LogP contribution in [0.1, 0.15) is 6.92 Å². The Bertz CT molecular complexity index is 609. The maximum absolute atomic E-state index is 11.9. The van der Waals surface area contributed by atoms with Crippen LogP contribution < -0.4 is 15.4 Å². The van der Waals surface area contributed by atoms with E-state index in [1.165, 1.54) is 12.1 Å². The van der Waals surface area contributed by atoms with Crippen LogP contribution in [0.4, 0.5) is 0 Å². The van der Waals surface area contributed by atoms with E-state index in [9.17, 15) is 13.2 Å². The monoisotopic (exact) mass is 326 g/mol. The summed E-state index contributed by atoms with van der Waals surface area (Å²) in [6.45, 7) is 4.51. The lowest BCUT2D eigenvalue weighted by molar-refractivity contribution is -0.126. The Morgan fingerprint density at radius 1 is 1.36 bits per heavy atom. The van der Waals surface area contributed by atoms with Crippen LogP contribution in [0.5, 0.6) is 5.75 Å². The van der Waals surface area contributed by atoms with Gasteiger partial charge in [0.1, 0.15) is 12.4 Å². The number of ether oxygens (including phenoxy) is 1. The number of sulfone groups is 1. The lowest BCUT2D eigenvalue weighted by Crippen LogP contribution is -2.49. The Balaban J connectivity index is 1.71. The molecule has 6 nitrogen and oxygen atoms in total. The standard InChI is InChI=1S/C15H22N2O4S/c1-11(12-9-16-10-12)15(18)17-7-8-21-13-3-5-14(6-4-13)22(2,19)20/h3-6,11-12,16H,7-10H2,1-2H3,(H,17,18). The van der Waals surface area contributed by atoms with Gasteiger partial charge < -0.3 is 15.4 Å². The molecule has 22 heavy (non-hydrogen) atoms. The molecule has 2 rings (SSSR count). The van der Waals surface area contributed by atoms with Gasteiger partial charge in [-0.05, 0) is 43.3 Å². The summed E-state index contributed by atoms with van der Waals surface area (Å²) in [6, 6.07) is 6.24. The van der Waals surface area contributed by atoms with Crippen molar-refractivity contribution in [1.82, 2.24) is 10.6 Å². The highest BCUT2D eigenvalue weighted by Gasteiger charge is 2.28. The van der Waals surface area contributed by atoms with E-state index < -0.39 is 9.84 Å². The third-order valence-corrected chi connectivity index (χ3v) is 4.98. The number of amides is 1. The number of hydrogen-bond acceptors (Lipinski definition) is 5. The van der Waals surface area contributed by atoms with E-state index in [1.807, 2.05) is 6.92 Å². The first-order valence-corrected chi connectivity index (χ1v) is 9.18. The van der Waals surface area contributed by atoms with E-state index in [0.29, 0.717) is 24.8 Å². The minimum Gasteiger partial charge on any atom is -0.492 e. The molecule has 0 radical (unpaired) electrons. The molecule has 122 valence electrons. The van der Waals surface area contributed by atoms with Crippen LogP contribution in [0.2, 0.25) is 0 Å². The molecule has 0 aromatic heterocycles. The average Bonchev–Trinajstić information content (AvgIpc) is 2.41. The Morgan fingerprint density at radius 3 is 2.50 bits per heavy atom. The summed E-state index contributed by atoms with van der Waals surface area (Å²) >= 11 is 0. The number of benzene rings is 1. The molecule has 0 spiro atoms. The molecule has 7 heteroatoms. The average molecular weight is 326 g/mol. The van der Waals surface area contributed by atoms with Crippen molar-refractivity contribution in [1.29, 1.82) is 0 Å². The molecule has 1 amide bonds. The Labute approximate surface area is 131 Å². The van der Waals surface area contributed by atoms with Gasteiger partial charge in [0.2, 0.25) is 5.91 Å². The second-order valence-corrected chi connectivity index (χ2v) is 7.61. The van der Waals surface area contributed by atoms with E-state index in [1.54, 1.807) is 12.1 Å². The third-order valence-electron chi connectivity index (χ3n) is 3.86. The Kier molecular flexibility index (Phi) is 5.42. The van der Waals surface area contributed by atoms with Gasteiger partial charge in [0.05, 0.1) is 11.4 Å². The van der Waals surface area contributed by atoms with Gasteiger partial charge in [-0.1, -0.05) is 6.92 Å². The highest BCUT2D eigenvalue weighted by molar-refractivity contribution is 7.90. The van der Waals surface area contributed by atoms with Crippen molar-refractivity contribution >= 4 is 15.7 Å². The molecule has 1 aliphatic rings. The van der Waals surface area contributed by atoms with Crippen LogP contribution in [-0.4, -0.2) is 46.8 Å². The second kappa shape index (κ2) is 7.11. The summed E-state index contributed by atoms with van der Waals surface area (Å²) in [7, 11) is -3.19. The van der Waals surface area contributed by atoms with E-state index in [0.717, 1.165) is 19.3 Å². The minimum atomic E-state index is -3.19. The summed E-state index contributed by atoms with van der Waals surface area (Å²) in [5.41, 5.74) is 0. The molecule has 1 aromatic rings. The largest absolute Gasteiger partial charge is 0.492 e. The van der Waals surface area contributed by atoms with Crippen molar-refractivity contribution in [3.05, 3.63) is 24.3 Å². The van der Waals surface area contributed by atoms with Crippen LogP contribution in [0, 0.1) is 11.8 Å². The molecular weight excluding hydrogens is 304 g/mol. The summed E-state index contributed by atoms with van der Waals surface area (Å²) in [4.78, 5) is 12.1. The molecule has 1 aliphatic heterocycles. The van der Waals surface area contributed by atoms with Gasteiger partial charge in [-0.2, -0.15) is 0 Å². The quantitative estimate of drug-likeness (QED) is 0.710. The molecule has 1 unspecified atom stereocenters. The fourth-order valence-corrected chi connectivity index (χ4v) is 2.80. The Morgan fingerprint density at radius 2 is 2.00 bits per heavy atom. The van der Waals surface area contributed by atoms with E-state index in [2.05, 4.69) is 10.6 Å². The maximum Gasteiger partial charge on any atom is 0.223 e. The maximum atomic E-state index is 11.9. The third kappa shape index (κ3) is 4.45. The van der Waals surface area contributed by atoms with Crippen LogP contribution in [0.25, 0.3) is 0 Å². The van der Waals surface area contributed by atoms with Crippen LogP contribution in [0.15, 0.2) is 29.2 Å². The predicted octanol–water partition coefficient (Wildman–Crippen LogP) is 0.441. The van der Waals surface area contributed by atoms with Crippen molar-refractivity contribution in [3.63, 3.8) is 0 Å². The number of carbonyl (C=O) groups is 1. The zero-order valence-corrected chi connectivity index (χ0v) is 13.7. The van der Waals surface area contributed by atoms with E-state index in [4.69, 9.17) is 4.74 Å². The molecule has 0 saturated carbocycles. The van der Waals surface area contributed by atoms with Gasteiger partial charge in [-0.15, -0.1) is 0 Å². The van der Waals surface area contributed by atoms with Gasteiger partial charge in [0.25, 0.3) is 0 Å². The molecule has 1 fully saturated rings. The predicted molar refractivity (Wildman–Crippen MR) is 83.6 cm³/mol. The number of nitrogens with one attached hydrogen (secondary N) is 2. The van der Waals surface area contributed by atoms with Crippen LogP contribution in [0.3, 0.4) is 0 Å². The fraction of sp³-hybridized carbons (Fsp3) is 0.533. The van der Waals surface area contributed by atoms with Crippen molar-refractivity contribution in [2.24, 2.45) is 11.8 Å². The molecular formula is C15H22N2O4S. The van der Waals surface area contributed by atoms with Crippen LogP contribution in [-0.2, 0) is 14.6 Å². The highest BCUT2D eigenvalue weighted by Crippen LogP contribution is 2.16. The summed E-state index contributed by atoms with van der Waals surface area (Å²) in [5.74, 6) is 1.06. The Hall–Kier alpha value is -1.60. The second-order valence-electron chi connectivity index (χ2n) is 5.59. The first-order valence-electron chi connectivity index (χ1n) is 7.29. The van der Waals surface area contributed by atoms with Gasteiger partial charge in [-0.25, -0.2) is 8.42 Å². The zero-order chi connectivity index (χ0) is 16.2. The van der Waals surface area contributed by atoms with Crippen molar-refractivity contribution in [3.8, 4) is 5.75 Å². The lowest BCUT2D eigenvalue weighted by atomic mass is 9.88. The summed E-state index contributed by atoms with van der Waals surface area (Å²) in [6.07, 6.45) is 1.16. The first-order chi connectivity index (χ1) is 10.4. The number of rotatable bonds is 7. The summed E-state index contributed by atoms with van der Waals surface area (Å²) < 4.78 is 28.2. The molecule has 1 atom stereocenters. The van der Waals surface area contributed by atoms with Crippen molar-refractivity contribution < 1.29 is 17.9 Å². The van der Waals surface area contributed by atoms with E-state index >= 15 is 0 Å². The number of hydrogen-bond donors (Lipinski definition) is 2. The van der Waals surface area contributed by atoms with Gasteiger partial charge in [-0.3, -0.25) is 4.79 Å². The number of carbonyl (C=O) groups excluding carboxylic acids is 1. The molecule has 1 aromatic carbocycles. The van der Waals surface area contributed by atoms with Gasteiger partial charge in [0, 0.05) is 12.2 Å². The van der Waals surface area contributed by atoms with E-state index in [-0.39, 0.29) is 16.7 Å². The summed E-state index contributed by atoms with van der Waals surface area (Å²) in [5, 5.41) is 6.00. The van der Waals surface area contributed by atoms with Gasteiger partial charge >= 0.3 is 0 Å². The zero-order valence-electron chi connectivity index (χ0n) is 12.8. The SMILES string of the molecule is CC(C(=O)NCCOc1ccc(S(C)(=O)=O)cc1)C1CNC1. The smallest absolute Gasteiger partial charge is 0.223 e. The first kappa shape index (κ1) is 16.8. The van der Waals surface area contributed by atoms with Crippen LogP contribution >= 0.6 is 0 Å². The normalized spacial score (nSPS) is 16.6. The molecule has 1 heterocycles. The molecule has 0 bridgehead atoms. The minimum absolute atomic E-state index is 0.00953. The molecule has 1 saturated heterocycles. The molecule has 0 aliphatic carbocycles. The lowest BCUT2D eigenvalue weighted by Gasteiger charge is -2.31. The highest BCUT2D eigenvalue weighted by atomic mass is 32.2. The molecule has 2 N–H and O–H groups in total. The van der Waals surface area contributed by atoms with Crippen molar-refractivity contribution in [2.45, 2.75) is 11.8 Å². The van der Waals surface area contributed by atoms with Gasteiger partial charge in [0.15, 0.2) is 9.84 Å².